The summed E-state index contributed by atoms with van der Waals surface area (Å²) in [7, 11) is 0. The monoisotopic (exact) mass is 221 g/mol. The lowest BCUT2D eigenvalue weighted by molar-refractivity contribution is -0.138. The fourth-order valence-electron chi connectivity index (χ4n) is 1.68. The van der Waals surface area contributed by atoms with Crippen LogP contribution in [0.25, 0.3) is 0 Å². The van der Waals surface area contributed by atoms with Crippen LogP contribution < -0.4 is 0 Å². The second-order valence-electron chi connectivity index (χ2n) is 4.21. The van der Waals surface area contributed by atoms with Gasteiger partial charge in [-0.25, -0.2) is 9.97 Å². The molecule has 86 valence electrons. The molecule has 0 amide bonds. The summed E-state index contributed by atoms with van der Waals surface area (Å²) in [5, 5.41) is 8.82. The van der Waals surface area contributed by atoms with Gasteiger partial charge in [-0.3, -0.25) is 9.69 Å². The quantitative estimate of drug-likeness (QED) is 0.768. The number of rotatable bonds is 6. The molecule has 0 atom stereocenters. The topological polar surface area (TPSA) is 66.3 Å². The van der Waals surface area contributed by atoms with Gasteiger partial charge in [0.25, 0.3) is 0 Å². The molecule has 1 N–H and O–H groups in total. The largest absolute Gasteiger partial charge is 0.480 e. The van der Waals surface area contributed by atoms with Crippen molar-refractivity contribution in [2.45, 2.75) is 19.4 Å². The molecule has 1 aromatic heterocycles. The van der Waals surface area contributed by atoms with Crippen molar-refractivity contribution in [2.75, 3.05) is 13.1 Å². The van der Waals surface area contributed by atoms with E-state index in [0.29, 0.717) is 12.5 Å². The number of carbonyl (C=O) groups is 1. The lowest BCUT2D eigenvalue weighted by atomic mass is 10.3. The number of aliphatic carboxylic acids is 1. The van der Waals surface area contributed by atoms with Crippen molar-refractivity contribution < 1.29 is 9.90 Å². The molecular weight excluding hydrogens is 206 g/mol. The molecule has 0 saturated heterocycles. The smallest absolute Gasteiger partial charge is 0.317 e. The van der Waals surface area contributed by atoms with Gasteiger partial charge in [0.2, 0.25) is 0 Å². The highest BCUT2D eigenvalue weighted by Crippen LogP contribution is 2.29. The van der Waals surface area contributed by atoms with Crippen molar-refractivity contribution in [1.82, 2.24) is 14.9 Å². The summed E-state index contributed by atoms with van der Waals surface area (Å²) in [4.78, 5) is 20.6. The molecule has 0 aromatic carbocycles. The lowest BCUT2D eigenvalue weighted by Crippen LogP contribution is -2.31. The van der Waals surface area contributed by atoms with E-state index < -0.39 is 5.97 Å². The number of aromatic nitrogens is 2. The molecule has 1 saturated carbocycles. The third-order valence-corrected chi connectivity index (χ3v) is 2.60. The fourth-order valence-corrected chi connectivity index (χ4v) is 1.68. The van der Waals surface area contributed by atoms with Crippen LogP contribution in [0.3, 0.4) is 0 Å². The van der Waals surface area contributed by atoms with Crippen LogP contribution in [-0.2, 0) is 11.3 Å². The molecule has 16 heavy (non-hydrogen) atoms. The van der Waals surface area contributed by atoms with E-state index in [9.17, 15) is 4.79 Å². The Labute approximate surface area is 94.1 Å². The van der Waals surface area contributed by atoms with Gasteiger partial charge in [0, 0.05) is 19.3 Å². The highest BCUT2D eigenvalue weighted by molar-refractivity contribution is 5.69. The van der Waals surface area contributed by atoms with Crippen LogP contribution in [0.2, 0.25) is 0 Å². The average molecular weight is 221 g/mol. The second-order valence-corrected chi connectivity index (χ2v) is 4.21. The fraction of sp³-hybridized carbons (Fsp3) is 0.545. The summed E-state index contributed by atoms with van der Waals surface area (Å²) < 4.78 is 0. The highest BCUT2D eigenvalue weighted by Gasteiger charge is 2.25. The Kier molecular flexibility index (Phi) is 3.46. The van der Waals surface area contributed by atoms with E-state index in [2.05, 4.69) is 9.97 Å². The summed E-state index contributed by atoms with van der Waals surface area (Å²) in [5.41, 5.74) is 0.872. The minimum absolute atomic E-state index is 0.0838. The van der Waals surface area contributed by atoms with Crippen LogP contribution in [0.15, 0.2) is 18.6 Å². The highest BCUT2D eigenvalue weighted by atomic mass is 16.4. The van der Waals surface area contributed by atoms with E-state index in [1.165, 1.54) is 19.2 Å². The number of nitrogens with zero attached hydrogens (tertiary/aromatic N) is 3. The van der Waals surface area contributed by atoms with Crippen molar-refractivity contribution >= 4 is 5.97 Å². The molecule has 0 aliphatic heterocycles. The van der Waals surface area contributed by atoms with Gasteiger partial charge in [0.15, 0.2) is 0 Å². The Bertz CT molecular complexity index is 352. The summed E-state index contributed by atoms with van der Waals surface area (Å²) in [5.74, 6) is -0.101. The maximum absolute atomic E-state index is 10.7. The minimum atomic E-state index is -0.783. The minimum Gasteiger partial charge on any atom is -0.480 e. The molecule has 1 aromatic rings. The Morgan fingerprint density at radius 2 is 2.38 bits per heavy atom. The van der Waals surface area contributed by atoms with Crippen molar-refractivity contribution in [3.8, 4) is 0 Å². The molecule has 1 aliphatic rings. The van der Waals surface area contributed by atoms with Crippen LogP contribution in [0.5, 0.6) is 0 Å². The van der Waals surface area contributed by atoms with Crippen LogP contribution in [0, 0.1) is 5.92 Å². The van der Waals surface area contributed by atoms with Crippen molar-refractivity contribution in [2.24, 2.45) is 5.92 Å². The Hall–Kier alpha value is -1.49. The lowest BCUT2D eigenvalue weighted by Gasteiger charge is -2.19. The Morgan fingerprint density at radius 3 is 2.94 bits per heavy atom. The molecule has 2 rings (SSSR count). The van der Waals surface area contributed by atoms with Gasteiger partial charge >= 0.3 is 5.97 Å². The molecule has 0 bridgehead atoms. The number of carboxylic acid groups (broad SMARTS) is 1. The first-order valence-corrected chi connectivity index (χ1v) is 5.43. The van der Waals surface area contributed by atoms with Gasteiger partial charge in [0.05, 0.1) is 12.2 Å². The zero-order valence-electron chi connectivity index (χ0n) is 9.04. The van der Waals surface area contributed by atoms with Gasteiger partial charge in [-0.15, -0.1) is 0 Å². The van der Waals surface area contributed by atoms with Crippen LogP contribution in [0.4, 0.5) is 0 Å². The van der Waals surface area contributed by atoms with E-state index in [4.69, 9.17) is 5.11 Å². The van der Waals surface area contributed by atoms with E-state index in [-0.39, 0.29) is 6.54 Å². The Morgan fingerprint density at radius 1 is 1.56 bits per heavy atom. The van der Waals surface area contributed by atoms with E-state index in [1.54, 1.807) is 6.20 Å². The van der Waals surface area contributed by atoms with Crippen molar-refractivity contribution in [1.29, 1.82) is 0 Å². The molecule has 0 radical (unpaired) electrons. The van der Waals surface area contributed by atoms with Gasteiger partial charge in [-0.1, -0.05) is 0 Å². The van der Waals surface area contributed by atoms with Gasteiger partial charge in [-0.05, 0) is 24.8 Å². The van der Waals surface area contributed by atoms with Crippen LogP contribution >= 0.6 is 0 Å². The first-order valence-electron chi connectivity index (χ1n) is 5.43. The second kappa shape index (κ2) is 5.03. The number of carboxylic acids is 1. The zero-order valence-corrected chi connectivity index (χ0v) is 9.04. The maximum Gasteiger partial charge on any atom is 0.317 e. The zero-order chi connectivity index (χ0) is 11.4. The number of hydrogen-bond donors (Lipinski definition) is 1. The van der Waals surface area contributed by atoms with Gasteiger partial charge in [-0.2, -0.15) is 0 Å². The SMILES string of the molecule is O=C(O)CN(Cc1ccncn1)CC1CC1. The van der Waals surface area contributed by atoms with Crippen molar-refractivity contribution in [3.63, 3.8) is 0 Å². The molecule has 5 heteroatoms. The maximum atomic E-state index is 10.7. The predicted molar refractivity (Wildman–Crippen MR) is 57.7 cm³/mol. The molecule has 0 spiro atoms. The molecular formula is C11H15N3O2. The normalized spacial score (nSPS) is 15.3. The first kappa shape index (κ1) is 11.0. The third-order valence-electron chi connectivity index (χ3n) is 2.60. The molecule has 5 nitrogen and oxygen atoms in total. The summed E-state index contributed by atoms with van der Waals surface area (Å²) >= 11 is 0. The average Bonchev–Trinajstić information content (AvgIpc) is 3.02. The van der Waals surface area contributed by atoms with Crippen molar-refractivity contribution in [3.05, 3.63) is 24.3 Å². The predicted octanol–water partition coefficient (Wildman–Crippen LogP) is 0.773. The van der Waals surface area contributed by atoms with Gasteiger partial charge < -0.3 is 5.11 Å². The third kappa shape index (κ3) is 3.58. The summed E-state index contributed by atoms with van der Waals surface area (Å²) in [6.45, 7) is 1.53. The van der Waals surface area contributed by atoms with Gasteiger partial charge in [0.1, 0.15) is 6.33 Å². The molecule has 1 aliphatic carbocycles. The van der Waals surface area contributed by atoms with E-state index in [1.807, 2.05) is 11.0 Å². The molecule has 0 unspecified atom stereocenters. The van der Waals surface area contributed by atoms with E-state index in [0.717, 1.165) is 12.2 Å². The summed E-state index contributed by atoms with van der Waals surface area (Å²) in [6.07, 6.45) is 5.61. The molecule has 1 heterocycles. The van der Waals surface area contributed by atoms with E-state index >= 15 is 0 Å². The molecule has 1 fully saturated rings. The number of hydrogen-bond acceptors (Lipinski definition) is 4. The standard InChI is InChI=1S/C11H15N3O2/c15-11(16)7-14(5-9-1-2-9)6-10-3-4-12-8-13-10/h3-4,8-9H,1-2,5-7H2,(H,15,16). The first-order chi connectivity index (χ1) is 7.74. The Balaban J connectivity index is 1.92. The van der Waals surface area contributed by atoms with Crippen LogP contribution in [0.1, 0.15) is 18.5 Å². The van der Waals surface area contributed by atoms with Crippen LogP contribution in [-0.4, -0.2) is 39.0 Å². The summed E-state index contributed by atoms with van der Waals surface area (Å²) in [6, 6.07) is 1.82.